The Bertz CT molecular complexity index is 1340. The number of H-pyrrole nitrogens is 1. The number of aromatic amines is 1. The third-order valence-electron chi connectivity index (χ3n) is 7.92. The van der Waals surface area contributed by atoms with Crippen molar-refractivity contribution in [3.05, 3.63) is 58.8 Å². The van der Waals surface area contributed by atoms with Crippen LogP contribution in [0.3, 0.4) is 0 Å². The Kier molecular flexibility index (Phi) is 7.77. The molecule has 2 aliphatic rings. The van der Waals surface area contributed by atoms with Gasteiger partial charge in [-0.25, -0.2) is 4.79 Å². The number of carboxylic acid groups (broad SMARTS) is 1. The fraction of sp³-hybridized carbons (Fsp3) is 0.483. The van der Waals surface area contributed by atoms with Crippen molar-refractivity contribution in [2.75, 3.05) is 45.2 Å². The summed E-state index contributed by atoms with van der Waals surface area (Å²) in [5, 5.41) is 14.1. The molecule has 2 heterocycles. The van der Waals surface area contributed by atoms with E-state index in [0.717, 1.165) is 46.2 Å². The average Bonchev–Trinajstić information content (AvgIpc) is 3.60. The van der Waals surface area contributed by atoms with Gasteiger partial charge < -0.3 is 20.1 Å². The van der Waals surface area contributed by atoms with Crippen molar-refractivity contribution in [3.8, 4) is 5.75 Å². The number of rotatable bonds is 10. The lowest BCUT2D eigenvalue weighted by Gasteiger charge is -2.42. The maximum Gasteiger partial charge on any atom is 0.390 e. The molecule has 3 aromatic rings. The zero-order valence-corrected chi connectivity index (χ0v) is 22.3. The van der Waals surface area contributed by atoms with Gasteiger partial charge in [0.25, 0.3) is 0 Å². The Labute approximate surface area is 225 Å². The second kappa shape index (κ2) is 11.1. The molecule has 1 aliphatic heterocycles. The molecule has 1 saturated heterocycles. The van der Waals surface area contributed by atoms with Crippen LogP contribution in [-0.2, 0) is 6.54 Å². The lowest BCUT2D eigenvalue weighted by Crippen LogP contribution is -2.48. The molecule has 0 amide bonds. The van der Waals surface area contributed by atoms with Crippen LogP contribution in [0.5, 0.6) is 5.75 Å². The third-order valence-corrected chi connectivity index (χ3v) is 7.92. The second-order valence-electron chi connectivity index (χ2n) is 10.7. The molecule has 5 rings (SSSR count). The maximum atomic E-state index is 13.0. The molecule has 0 spiro atoms. The zero-order chi connectivity index (χ0) is 27.7. The third kappa shape index (κ3) is 6.33. The van der Waals surface area contributed by atoms with E-state index in [9.17, 15) is 23.1 Å². The van der Waals surface area contributed by atoms with Crippen molar-refractivity contribution in [1.82, 2.24) is 14.8 Å². The quantitative estimate of drug-likeness (QED) is 0.299. The smallest absolute Gasteiger partial charge is 0.390 e. The summed E-state index contributed by atoms with van der Waals surface area (Å²) in [6, 6.07) is 9.08. The first-order chi connectivity index (χ1) is 18.6. The summed E-state index contributed by atoms with van der Waals surface area (Å²) in [6.07, 6.45) is -0.917. The number of hydrogen-bond acceptors (Lipinski definition) is 5. The SMILES string of the molecule is COc1cc(C)c2[nH]ccc2c1CN1CCN(CCC(F)(F)F)CC1c1ccc(C(=O)O)c(NCC2CC2)c1. The van der Waals surface area contributed by atoms with Gasteiger partial charge >= 0.3 is 12.1 Å². The lowest BCUT2D eigenvalue weighted by atomic mass is 9.97. The van der Waals surface area contributed by atoms with Crippen LogP contribution in [0.1, 0.15) is 52.4 Å². The van der Waals surface area contributed by atoms with Gasteiger partial charge in [0.05, 0.1) is 19.1 Å². The van der Waals surface area contributed by atoms with Gasteiger partial charge in [0.15, 0.2) is 0 Å². The molecule has 39 heavy (non-hydrogen) atoms. The van der Waals surface area contributed by atoms with Crippen LogP contribution in [-0.4, -0.2) is 71.9 Å². The summed E-state index contributed by atoms with van der Waals surface area (Å²) >= 11 is 0. The van der Waals surface area contributed by atoms with E-state index in [1.807, 2.05) is 36.2 Å². The number of methoxy groups -OCH3 is 1. The number of piperazine rings is 1. The first-order valence-corrected chi connectivity index (χ1v) is 13.4. The van der Waals surface area contributed by atoms with Gasteiger partial charge in [-0.05, 0) is 61.1 Å². The van der Waals surface area contributed by atoms with Gasteiger partial charge in [-0.1, -0.05) is 6.07 Å². The van der Waals surface area contributed by atoms with Crippen molar-refractivity contribution in [2.24, 2.45) is 5.92 Å². The zero-order valence-electron chi connectivity index (χ0n) is 22.3. The monoisotopic (exact) mass is 544 g/mol. The summed E-state index contributed by atoms with van der Waals surface area (Å²) in [5.74, 6) is 0.314. The Morgan fingerprint density at radius 2 is 2.00 bits per heavy atom. The number of aromatic nitrogens is 1. The number of ether oxygens (including phenoxy) is 1. The Hall–Kier alpha value is -3.24. The second-order valence-corrected chi connectivity index (χ2v) is 10.7. The van der Waals surface area contributed by atoms with Gasteiger partial charge in [-0.15, -0.1) is 0 Å². The summed E-state index contributed by atoms with van der Waals surface area (Å²) in [6.45, 7) is 4.70. The summed E-state index contributed by atoms with van der Waals surface area (Å²) < 4.78 is 44.9. The van der Waals surface area contributed by atoms with E-state index in [-0.39, 0.29) is 18.2 Å². The minimum Gasteiger partial charge on any atom is -0.496 e. The Morgan fingerprint density at radius 1 is 1.21 bits per heavy atom. The van der Waals surface area contributed by atoms with Gasteiger partial charge in [-0.3, -0.25) is 9.80 Å². The van der Waals surface area contributed by atoms with Crippen LogP contribution in [0.15, 0.2) is 36.5 Å². The molecule has 1 atom stereocenters. The number of fused-ring (bicyclic) bond motifs is 1. The largest absolute Gasteiger partial charge is 0.496 e. The number of carbonyl (C=O) groups is 1. The molecule has 1 aliphatic carbocycles. The lowest BCUT2D eigenvalue weighted by molar-refractivity contribution is -0.139. The molecule has 0 radical (unpaired) electrons. The Balaban J connectivity index is 1.48. The summed E-state index contributed by atoms with van der Waals surface area (Å²) in [4.78, 5) is 19.3. The van der Waals surface area contributed by atoms with Crippen LogP contribution in [0, 0.1) is 12.8 Å². The molecule has 2 fully saturated rings. The molecule has 1 unspecified atom stereocenters. The van der Waals surface area contributed by atoms with E-state index in [1.165, 1.54) is 0 Å². The number of halogens is 3. The summed E-state index contributed by atoms with van der Waals surface area (Å²) in [5.41, 5.74) is 4.75. The van der Waals surface area contributed by atoms with Crippen LogP contribution >= 0.6 is 0 Å². The number of nitrogens with zero attached hydrogens (tertiary/aromatic N) is 2. The van der Waals surface area contributed by atoms with Crippen LogP contribution in [0.2, 0.25) is 0 Å². The number of aryl methyl sites for hydroxylation is 1. The predicted octanol–water partition coefficient (Wildman–Crippen LogP) is 5.82. The summed E-state index contributed by atoms with van der Waals surface area (Å²) in [7, 11) is 1.64. The molecule has 210 valence electrons. The van der Waals surface area contributed by atoms with E-state index in [1.54, 1.807) is 19.2 Å². The van der Waals surface area contributed by atoms with Crippen LogP contribution in [0.25, 0.3) is 10.9 Å². The highest BCUT2D eigenvalue weighted by Crippen LogP contribution is 2.37. The van der Waals surface area contributed by atoms with E-state index < -0.39 is 18.6 Å². The van der Waals surface area contributed by atoms with Gasteiger partial charge in [0.1, 0.15) is 5.75 Å². The molecular weight excluding hydrogens is 509 g/mol. The fourth-order valence-electron chi connectivity index (χ4n) is 5.53. The number of carboxylic acids is 1. The first kappa shape index (κ1) is 27.3. The number of hydrogen-bond donors (Lipinski definition) is 3. The van der Waals surface area contributed by atoms with E-state index in [2.05, 4.69) is 15.2 Å². The van der Waals surface area contributed by atoms with Gasteiger partial charge in [-0.2, -0.15) is 13.2 Å². The number of benzene rings is 2. The predicted molar refractivity (Wildman–Crippen MR) is 144 cm³/mol. The minimum atomic E-state index is -4.22. The normalized spacial score (nSPS) is 18.9. The minimum absolute atomic E-state index is 0.0657. The van der Waals surface area contributed by atoms with Crippen molar-refractivity contribution < 1.29 is 27.8 Å². The molecule has 2 aromatic carbocycles. The molecule has 7 nitrogen and oxygen atoms in total. The molecule has 1 aromatic heterocycles. The van der Waals surface area contributed by atoms with Crippen LogP contribution < -0.4 is 10.1 Å². The van der Waals surface area contributed by atoms with Gasteiger partial charge in [0, 0.05) is 73.7 Å². The van der Waals surface area contributed by atoms with Crippen LogP contribution in [0.4, 0.5) is 18.9 Å². The maximum absolute atomic E-state index is 13.0. The molecule has 10 heteroatoms. The fourth-order valence-corrected chi connectivity index (χ4v) is 5.53. The van der Waals surface area contributed by atoms with Crippen molar-refractivity contribution >= 4 is 22.6 Å². The van der Waals surface area contributed by atoms with Crippen molar-refractivity contribution in [3.63, 3.8) is 0 Å². The van der Waals surface area contributed by atoms with E-state index in [4.69, 9.17) is 4.74 Å². The average molecular weight is 545 g/mol. The van der Waals surface area contributed by atoms with E-state index in [0.29, 0.717) is 44.3 Å². The standard InChI is InChI=1S/C29H35F3N4O3/c1-18-13-26(39-2)23(21-7-9-33-27(18)21)16-36-12-11-35(10-8-29(30,31)32)17-25(36)20-5-6-22(28(37)38)24(14-20)34-15-19-3-4-19/h5-7,9,13-14,19,25,33-34H,3-4,8,10-12,15-17H2,1-2H3,(H,37,38). The molecular formula is C29H35F3N4O3. The van der Waals surface area contributed by atoms with E-state index >= 15 is 0 Å². The number of alkyl halides is 3. The molecule has 0 bridgehead atoms. The topological polar surface area (TPSA) is 80.8 Å². The molecule has 1 saturated carbocycles. The highest BCUT2D eigenvalue weighted by molar-refractivity contribution is 5.94. The number of anilines is 1. The number of aromatic carboxylic acids is 1. The molecule has 3 N–H and O–H groups in total. The highest BCUT2D eigenvalue weighted by Gasteiger charge is 2.33. The van der Waals surface area contributed by atoms with Crippen molar-refractivity contribution in [2.45, 2.75) is 44.9 Å². The highest BCUT2D eigenvalue weighted by atomic mass is 19.4. The van der Waals surface area contributed by atoms with Crippen molar-refractivity contribution in [1.29, 1.82) is 0 Å². The first-order valence-electron chi connectivity index (χ1n) is 13.4. The number of nitrogens with one attached hydrogen (secondary N) is 2. The Morgan fingerprint density at radius 3 is 2.69 bits per heavy atom. The van der Waals surface area contributed by atoms with Gasteiger partial charge in [0.2, 0.25) is 0 Å².